The Labute approximate surface area is 123 Å². The van der Waals surface area contributed by atoms with Gasteiger partial charge >= 0.3 is 0 Å². The number of nitrogens with one attached hydrogen (secondary N) is 1. The summed E-state index contributed by atoms with van der Waals surface area (Å²) in [5.41, 5.74) is 3.52. The molecule has 0 saturated heterocycles. The van der Waals surface area contributed by atoms with E-state index in [1.54, 1.807) is 0 Å². The van der Waals surface area contributed by atoms with Crippen molar-refractivity contribution in [3.8, 4) is 0 Å². The smallest absolute Gasteiger partial charge is 0.0540 e. The highest BCUT2D eigenvalue weighted by atomic mass is 15.3. The lowest BCUT2D eigenvalue weighted by atomic mass is 9.68. The highest BCUT2D eigenvalue weighted by Crippen LogP contribution is 2.62. The van der Waals surface area contributed by atoms with E-state index in [1.165, 1.54) is 30.5 Å². The molecule has 2 fully saturated rings. The van der Waals surface area contributed by atoms with Crippen molar-refractivity contribution in [3.05, 3.63) is 17.5 Å². The molecule has 1 aromatic rings. The molecule has 112 valence electrons. The van der Waals surface area contributed by atoms with E-state index in [0.717, 1.165) is 5.92 Å². The van der Waals surface area contributed by atoms with E-state index in [-0.39, 0.29) is 0 Å². The van der Waals surface area contributed by atoms with E-state index in [2.05, 4.69) is 45.0 Å². The summed E-state index contributed by atoms with van der Waals surface area (Å²) in [6, 6.07) is 0.993. The third-order valence-corrected chi connectivity index (χ3v) is 6.43. The number of hydrogen-bond acceptors (Lipinski definition) is 2. The first-order valence-corrected chi connectivity index (χ1v) is 8.00. The third-order valence-electron chi connectivity index (χ3n) is 6.43. The molecule has 3 nitrogen and oxygen atoms in total. The van der Waals surface area contributed by atoms with Gasteiger partial charge in [0.15, 0.2) is 0 Å². The number of rotatable bonds is 3. The molecule has 3 heteroatoms. The predicted octanol–water partition coefficient (Wildman–Crippen LogP) is 3.59. The van der Waals surface area contributed by atoms with Crippen LogP contribution in [0, 0.1) is 23.7 Å². The normalized spacial score (nSPS) is 36.5. The molecule has 0 spiro atoms. The van der Waals surface area contributed by atoms with E-state index in [1.807, 2.05) is 17.9 Å². The van der Waals surface area contributed by atoms with Crippen LogP contribution in [0.15, 0.2) is 6.20 Å². The average molecular weight is 275 g/mol. The SMILES string of the molecule is Cc1c(C(C)NC2C3(C)CCC(C3)C2(C)C)cnn1C. The first-order chi connectivity index (χ1) is 9.25. The average Bonchev–Trinajstić information content (AvgIpc) is 2.96. The van der Waals surface area contributed by atoms with E-state index >= 15 is 0 Å². The van der Waals surface area contributed by atoms with Crippen LogP contribution >= 0.6 is 0 Å². The Bertz CT molecular complexity index is 512. The van der Waals surface area contributed by atoms with Crippen LogP contribution in [-0.2, 0) is 7.05 Å². The Morgan fingerprint density at radius 2 is 2.10 bits per heavy atom. The lowest BCUT2D eigenvalue weighted by Gasteiger charge is -2.44. The van der Waals surface area contributed by atoms with Gasteiger partial charge in [-0.15, -0.1) is 0 Å². The zero-order chi connectivity index (χ0) is 14.7. The fourth-order valence-corrected chi connectivity index (χ4v) is 5.00. The molecule has 0 aliphatic heterocycles. The van der Waals surface area contributed by atoms with Gasteiger partial charge in [0.2, 0.25) is 0 Å². The van der Waals surface area contributed by atoms with Gasteiger partial charge in [0, 0.05) is 30.4 Å². The molecule has 0 amide bonds. The van der Waals surface area contributed by atoms with E-state index in [4.69, 9.17) is 0 Å². The monoisotopic (exact) mass is 275 g/mol. The third kappa shape index (κ3) is 1.86. The molecule has 1 heterocycles. The van der Waals surface area contributed by atoms with Crippen LogP contribution in [0.1, 0.15) is 64.3 Å². The predicted molar refractivity (Wildman–Crippen MR) is 82.5 cm³/mol. The molecule has 4 atom stereocenters. The van der Waals surface area contributed by atoms with Crippen molar-refractivity contribution in [2.75, 3.05) is 0 Å². The van der Waals surface area contributed by atoms with Crippen molar-refractivity contribution >= 4 is 0 Å². The Morgan fingerprint density at radius 1 is 1.40 bits per heavy atom. The first-order valence-electron chi connectivity index (χ1n) is 8.00. The van der Waals surface area contributed by atoms with Crippen LogP contribution in [0.5, 0.6) is 0 Å². The quantitative estimate of drug-likeness (QED) is 0.913. The molecule has 2 bridgehead atoms. The molecule has 4 unspecified atom stereocenters. The second kappa shape index (κ2) is 4.33. The van der Waals surface area contributed by atoms with Gasteiger partial charge in [0.1, 0.15) is 0 Å². The molecule has 1 N–H and O–H groups in total. The van der Waals surface area contributed by atoms with Gasteiger partial charge in [-0.25, -0.2) is 0 Å². The van der Waals surface area contributed by atoms with Crippen LogP contribution < -0.4 is 5.32 Å². The zero-order valence-corrected chi connectivity index (χ0v) is 13.8. The van der Waals surface area contributed by atoms with Crippen LogP contribution in [0.3, 0.4) is 0 Å². The van der Waals surface area contributed by atoms with Crippen LogP contribution in [-0.4, -0.2) is 15.8 Å². The standard InChI is InChI=1S/C17H29N3/c1-11(14-10-18-20(6)12(14)2)19-15-16(3,4)13-7-8-17(15,5)9-13/h10-11,13,15,19H,7-9H2,1-6H3. The fourth-order valence-electron chi connectivity index (χ4n) is 5.00. The van der Waals surface area contributed by atoms with Gasteiger partial charge < -0.3 is 5.32 Å². The van der Waals surface area contributed by atoms with Gasteiger partial charge in [-0.1, -0.05) is 20.8 Å². The molecule has 20 heavy (non-hydrogen) atoms. The summed E-state index contributed by atoms with van der Waals surface area (Å²) in [6.07, 6.45) is 6.23. The fraction of sp³-hybridized carbons (Fsp3) is 0.824. The lowest BCUT2D eigenvalue weighted by molar-refractivity contribution is 0.100. The van der Waals surface area contributed by atoms with Crippen LogP contribution in [0.25, 0.3) is 0 Å². The number of aromatic nitrogens is 2. The molecule has 0 aromatic carbocycles. The number of hydrogen-bond donors (Lipinski definition) is 1. The van der Waals surface area contributed by atoms with Crippen molar-refractivity contribution in [1.82, 2.24) is 15.1 Å². The highest BCUT2D eigenvalue weighted by Gasteiger charge is 2.59. The van der Waals surface area contributed by atoms with Gasteiger partial charge in [-0.3, -0.25) is 4.68 Å². The summed E-state index contributed by atoms with van der Waals surface area (Å²) >= 11 is 0. The largest absolute Gasteiger partial charge is 0.306 e. The van der Waals surface area contributed by atoms with E-state index in [9.17, 15) is 0 Å². The Morgan fingerprint density at radius 3 is 2.60 bits per heavy atom. The number of aryl methyl sites for hydroxylation is 1. The molecular formula is C17H29N3. The molecule has 1 aromatic heterocycles. The van der Waals surface area contributed by atoms with Gasteiger partial charge in [0.25, 0.3) is 0 Å². The van der Waals surface area contributed by atoms with Crippen LogP contribution in [0.4, 0.5) is 0 Å². The van der Waals surface area contributed by atoms with Crippen molar-refractivity contribution in [3.63, 3.8) is 0 Å². The maximum Gasteiger partial charge on any atom is 0.0540 e. The van der Waals surface area contributed by atoms with Crippen LogP contribution in [0.2, 0.25) is 0 Å². The van der Waals surface area contributed by atoms with Gasteiger partial charge in [-0.05, 0) is 49.9 Å². The molecule has 2 aliphatic carbocycles. The molecule has 3 rings (SSSR count). The highest BCUT2D eigenvalue weighted by molar-refractivity contribution is 5.21. The molecule has 2 aliphatic rings. The Hall–Kier alpha value is -0.830. The maximum atomic E-state index is 4.39. The number of fused-ring (bicyclic) bond motifs is 2. The van der Waals surface area contributed by atoms with Crippen molar-refractivity contribution < 1.29 is 0 Å². The van der Waals surface area contributed by atoms with Crippen molar-refractivity contribution in [1.29, 1.82) is 0 Å². The van der Waals surface area contributed by atoms with Gasteiger partial charge in [0.05, 0.1) is 6.20 Å². The van der Waals surface area contributed by atoms with E-state index in [0.29, 0.717) is 22.9 Å². The zero-order valence-electron chi connectivity index (χ0n) is 13.8. The summed E-state index contributed by atoms with van der Waals surface area (Å²) in [7, 11) is 2.02. The first kappa shape index (κ1) is 14.1. The number of nitrogens with zero attached hydrogens (tertiary/aromatic N) is 2. The second-order valence-electron chi connectivity index (χ2n) is 8.05. The minimum atomic E-state index is 0.379. The van der Waals surface area contributed by atoms with Crippen molar-refractivity contribution in [2.24, 2.45) is 23.8 Å². The molecular weight excluding hydrogens is 246 g/mol. The molecule has 0 radical (unpaired) electrons. The van der Waals surface area contributed by atoms with E-state index < -0.39 is 0 Å². The van der Waals surface area contributed by atoms with Crippen molar-refractivity contribution in [2.45, 2.75) is 66.0 Å². The Balaban J connectivity index is 1.82. The summed E-state index contributed by atoms with van der Waals surface area (Å²) < 4.78 is 1.97. The van der Waals surface area contributed by atoms with Gasteiger partial charge in [-0.2, -0.15) is 5.10 Å². The summed E-state index contributed by atoms with van der Waals surface area (Å²) in [6.45, 7) is 11.9. The summed E-state index contributed by atoms with van der Waals surface area (Å²) in [4.78, 5) is 0. The molecule has 2 saturated carbocycles. The minimum Gasteiger partial charge on any atom is -0.306 e. The topological polar surface area (TPSA) is 29.9 Å². The lowest BCUT2D eigenvalue weighted by Crippen LogP contribution is -2.51. The second-order valence-corrected chi connectivity index (χ2v) is 8.05. The summed E-state index contributed by atoms with van der Waals surface area (Å²) in [5, 5.41) is 8.35. The summed E-state index contributed by atoms with van der Waals surface area (Å²) in [5.74, 6) is 0.896. The minimum absolute atomic E-state index is 0.379. The maximum absolute atomic E-state index is 4.39. The Kier molecular flexibility index (Phi) is 3.06.